The summed E-state index contributed by atoms with van der Waals surface area (Å²) in [5, 5.41) is 5.75. The largest absolute Gasteiger partial charge is 0.454 e. The normalized spacial score (nSPS) is 11.8. The minimum Gasteiger partial charge on any atom is -0.454 e. The van der Waals surface area contributed by atoms with Crippen LogP contribution in [0.1, 0.15) is 11.3 Å². The molecule has 0 unspecified atom stereocenters. The van der Waals surface area contributed by atoms with E-state index in [0.29, 0.717) is 11.7 Å². The van der Waals surface area contributed by atoms with Crippen molar-refractivity contribution in [3.05, 3.63) is 128 Å². The number of fused-ring (bicyclic) bond motifs is 7. The highest BCUT2D eigenvalue weighted by atomic mass is 16.3. The van der Waals surface area contributed by atoms with Crippen molar-refractivity contribution >= 4 is 66.4 Å². The smallest absolute Gasteiger partial charge is 0.227 e. The number of oxazole rings is 1. The van der Waals surface area contributed by atoms with Gasteiger partial charge >= 0.3 is 0 Å². The summed E-state index contributed by atoms with van der Waals surface area (Å²) in [5.74, 6) is 1.26. The average molecular weight is 503 g/mol. The molecule has 0 aliphatic heterocycles. The van der Waals surface area contributed by atoms with Crippen molar-refractivity contribution in [2.45, 2.75) is 0 Å². The molecule has 0 saturated heterocycles. The quantitative estimate of drug-likeness (QED) is 0.241. The van der Waals surface area contributed by atoms with Gasteiger partial charge in [-0.1, -0.05) is 79.9 Å². The summed E-state index contributed by atoms with van der Waals surface area (Å²) < 4.78 is 14.7. The Morgan fingerprint density at radius 1 is 0.718 bits per heavy atom. The van der Waals surface area contributed by atoms with Crippen LogP contribution in [0.4, 0.5) is 0 Å². The molecule has 8 aromatic rings. The molecule has 0 bridgehead atoms. The number of rotatable bonds is 4. The maximum atomic E-state index is 6.47. The van der Waals surface area contributed by atoms with Crippen molar-refractivity contribution in [1.29, 1.82) is 0 Å². The molecule has 39 heavy (non-hydrogen) atoms. The summed E-state index contributed by atoms with van der Waals surface area (Å²) >= 11 is 0. The summed E-state index contributed by atoms with van der Waals surface area (Å²) in [5.41, 5.74) is 7.04. The van der Waals surface area contributed by atoms with Crippen LogP contribution in [0.5, 0.6) is 0 Å². The summed E-state index contributed by atoms with van der Waals surface area (Å²) in [6, 6.07) is 35.1. The predicted octanol–water partition coefficient (Wildman–Crippen LogP) is 9.66. The zero-order valence-electron chi connectivity index (χ0n) is 21.0. The molecule has 3 aromatic heterocycles. The van der Waals surface area contributed by atoms with Crippen LogP contribution in [0.25, 0.3) is 77.9 Å². The molecule has 0 spiro atoms. The second kappa shape index (κ2) is 8.07. The first-order valence-corrected chi connectivity index (χ1v) is 12.9. The summed E-state index contributed by atoms with van der Waals surface area (Å²) in [4.78, 5) is 4.68. The zero-order valence-corrected chi connectivity index (χ0v) is 21.0. The molecule has 0 atom stereocenters. The highest BCUT2D eigenvalue weighted by Crippen LogP contribution is 2.40. The maximum Gasteiger partial charge on any atom is 0.227 e. The van der Waals surface area contributed by atoms with Crippen LogP contribution >= 0.6 is 0 Å². The first-order valence-electron chi connectivity index (χ1n) is 12.9. The zero-order chi connectivity index (χ0) is 26.1. The lowest BCUT2D eigenvalue weighted by Gasteiger charge is -2.10. The van der Waals surface area contributed by atoms with E-state index in [2.05, 4.69) is 89.4 Å². The van der Waals surface area contributed by atoms with Crippen molar-refractivity contribution in [1.82, 2.24) is 9.55 Å². The average Bonchev–Trinajstić information content (AvgIpc) is 3.68. The van der Waals surface area contributed by atoms with Crippen molar-refractivity contribution in [2.24, 2.45) is 0 Å². The Morgan fingerprint density at radius 3 is 2.38 bits per heavy atom. The second-order valence-electron chi connectivity index (χ2n) is 9.73. The molecule has 4 heteroatoms. The van der Waals surface area contributed by atoms with Gasteiger partial charge in [-0.05, 0) is 53.2 Å². The lowest BCUT2D eigenvalue weighted by molar-refractivity contribution is 0.595. The van der Waals surface area contributed by atoms with E-state index in [9.17, 15) is 0 Å². The van der Waals surface area contributed by atoms with Crippen molar-refractivity contribution in [3.8, 4) is 11.5 Å². The molecule has 0 N–H and O–H groups in total. The first-order chi connectivity index (χ1) is 19.2. The molecule has 0 saturated carbocycles. The van der Waals surface area contributed by atoms with Gasteiger partial charge in [0.2, 0.25) is 5.89 Å². The highest BCUT2D eigenvalue weighted by Gasteiger charge is 2.21. The van der Waals surface area contributed by atoms with Gasteiger partial charge in [0.25, 0.3) is 0 Å². The van der Waals surface area contributed by atoms with E-state index in [1.165, 1.54) is 21.5 Å². The van der Waals surface area contributed by atoms with E-state index in [0.717, 1.165) is 49.9 Å². The molecule has 0 radical (unpaired) electrons. The van der Waals surface area contributed by atoms with Gasteiger partial charge in [-0.25, -0.2) is 4.98 Å². The van der Waals surface area contributed by atoms with E-state index in [-0.39, 0.29) is 0 Å². The summed E-state index contributed by atoms with van der Waals surface area (Å²) in [6.07, 6.45) is 1.84. The van der Waals surface area contributed by atoms with Crippen LogP contribution in [0.15, 0.2) is 125 Å². The van der Waals surface area contributed by atoms with Crippen LogP contribution in [0.2, 0.25) is 0 Å². The maximum absolute atomic E-state index is 6.47. The van der Waals surface area contributed by atoms with E-state index in [1.807, 2.05) is 42.5 Å². The summed E-state index contributed by atoms with van der Waals surface area (Å²) in [6.45, 7) is 8.68. The fraction of sp³-hybridized carbons (Fsp3) is 0. The minimum atomic E-state index is 0.573. The molecule has 0 amide bonds. The lowest BCUT2D eigenvalue weighted by Crippen LogP contribution is -1.97. The van der Waals surface area contributed by atoms with Crippen LogP contribution in [0.3, 0.4) is 0 Å². The molecular weight excluding hydrogens is 480 g/mol. The van der Waals surface area contributed by atoms with Gasteiger partial charge in [-0.2, -0.15) is 0 Å². The Hall–Kier alpha value is -5.35. The van der Waals surface area contributed by atoms with Crippen LogP contribution in [-0.2, 0) is 0 Å². The highest BCUT2D eigenvalue weighted by molar-refractivity contribution is 6.22. The monoisotopic (exact) mass is 502 g/mol. The topological polar surface area (TPSA) is 44.1 Å². The number of hydrogen-bond donors (Lipinski definition) is 0. The Balaban J connectivity index is 1.35. The SMILES string of the molecule is C=Cc1c(C(=C)n2c3ccccc3c3c4ccccc4ccc32)oc2ccc(-c3nc4ccccc4o3)cc12. The molecule has 3 heterocycles. The molecule has 4 nitrogen and oxygen atoms in total. The van der Waals surface area contributed by atoms with Gasteiger partial charge in [0.15, 0.2) is 11.3 Å². The van der Waals surface area contributed by atoms with Gasteiger partial charge < -0.3 is 13.4 Å². The number of furan rings is 1. The number of hydrogen-bond acceptors (Lipinski definition) is 3. The van der Waals surface area contributed by atoms with E-state index in [4.69, 9.17) is 8.83 Å². The van der Waals surface area contributed by atoms with Crippen molar-refractivity contribution in [3.63, 3.8) is 0 Å². The van der Waals surface area contributed by atoms with E-state index >= 15 is 0 Å². The number of para-hydroxylation sites is 3. The van der Waals surface area contributed by atoms with E-state index in [1.54, 1.807) is 0 Å². The first kappa shape index (κ1) is 21.7. The van der Waals surface area contributed by atoms with Crippen LogP contribution < -0.4 is 0 Å². The minimum absolute atomic E-state index is 0.573. The number of nitrogens with zero attached hydrogens (tertiary/aromatic N) is 2. The molecule has 184 valence electrons. The van der Waals surface area contributed by atoms with Crippen LogP contribution in [-0.4, -0.2) is 9.55 Å². The second-order valence-corrected chi connectivity index (χ2v) is 9.73. The molecule has 5 aromatic carbocycles. The van der Waals surface area contributed by atoms with Gasteiger partial charge in [0.1, 0.15) is 11.1 Å². The Morgan fingerprint density at radius 2 is 1.51 bits per heavy atom. The Bertz CT molecular complexity index is 2240. The third-order valence-electron chi connectivity index (χ3n) is 7.57. The fourth-order valence-electron chi connectivity index (χ4n) is 5.79. The third kappa shape index (κ3) is 3.09. The molecular formula is C35H22N2O2. The van der Waals surface area contributed by atoms with Gasteiger partial charge in [-0.3, -0.25) is 0 Å². The van der Waals surface area contributed by atoms with Gasteiger partial charge in [0.05, 0.1) is 16.7 Å². The van der Waals surface area contributed by atoms with Gasteiger partial charge in [-0.15, -0.1) is 0 Å². The predicted molar refractivity (Wildman–Crippen MR) is 161 cm³/mol. The number of benzene rings is 5. The summed E-state index contributed by atoms with van der Waals surface area (Å²) in [7, 11) is 0. The van der Waals surface area contributed by atoms with Crippen molar-refractivity contribution < 1.29 is 8.83 Å². The Labute approximate surface area is 223 Å². The van der Waals surface area contributed by atoms with Crippen molar-refractivity contribution in [2.75, 3.05) is 0 Å². The fourth-order valence-corrected chi connectivity index (χ4v) is 5.79. The van der Waals surface area contributed by atoms with Crippen LogP contribution in [0, 0.1) is 0 Å². The molecule has 0 aliphatic rings. The molecule has 0 fully saturated rings. The standard InChI is InChI=1S/C35H22N2O2/c1-3-24-27-20-23(35-36-28-13-7-9-15-32(28)39-35)17-19-31(27)38-34(24)21(2)37-29-14-8-6-12-26(29)33-25-11-5-4-10-22(25)16-18-30(33)37/h3-20H,1-2H2. The molecule has 8 rings (SSSR count). The van der Waals surface area contributed by atoms with E-state index < -0.39 is 0 Å². The number of aromatic nitrogens is 2. The lowest BCUT2D eigenvalue weighted by atomic mass is 10.0. The third-order valence-corrected chi connectivity index (χ3v) is 7.57. The Kier molecular flexibility index (Phi) is 4.49. The van der Waals surface area contributed by atoms with Gasteiger partial charge in [0, 0.05) is 27.3 Å². The molecule has 0 aliphatic carbocycles.